The van der Waals surface area contributed by atoms with E-state index in [0.29, 0.717) is 12.2 Å². The van der Waals surface area contributed by atoms with E-state index in [4.69, 9.17) is 4.74 Å². The van der Waals surface area contributed by atoms with E-state index in [-0.39, 0.29) is 0 Å². The number of fused-ring (bicyclic) bond motifs is 1. The SMILES string of the molecule is CCCCCC[Si](CCCCCC)(CCCCCC)CCC1CCC2OC2C1. The summed E-state index contributed by atoms with van der Waals surface area (Å²) in [4.78, 5) is 0. The van der Waals surface area contributed by atoms with E-state index in [1.165, 1.54) is 77.0 Å². The van der Waals surface area contributed by atoms with E-state index in [9.17, 15) is 0 Å². The molecule has 2 fully saturated rings. The van der Waals surface area contributed by atoms with Crippen LogP contribution in [0.3, 0.4) is 0 Å². The molecule has 1 heterocycles. The van der Waals surface area contributed by atoms with Gasteiger partial charge in [0.05, 0.1) is 20.3 Å². The van der Waals surface area contributed by atoms with Crippen LogP contribution >= 0.6 is 0 Å². The summed E-state index contributed by atoms with van der Waals surface area (Å²) in [7, 11) is -1.08. The molecule has 0 spiro atoms. The van der Waals surface area contributed by atoms with Crippen LogP contribution in [0.5, 0.6) is 0 Å². The van der Waals surface area contributed by atoms with Crippen LogP contribution in [0.1, 0.15) is 124 Å². The molecule has 0 N–H and O–H groups in total. The van der Waals surface area contributed by atoms with Crippen molar-refractivity contribution in [3.63, 3.8) is 0 Å². The molecule has 0 aromatic rings. The van der Waals surface area contributed by atoms with Crippen molar-refractivity contribution in [3.8, 4) is 0 Å². The van der Waals surface area contributed by atoms with Gasteiger partial charge in [0.2, 0.25) is 0 Å². The van der Waals surface area contributed by atoms with Crippen LogP contribution in [-0.2, 0) is 4.74 Å². The Hall–Kier alpha value is 0.177. The fourth-order valence-corrected chi connectivity index (χ4v) is 11.3. The fraction of sp³-hybridized carbons (Fsp3) is 1.00. The van der Waals surface area contributed by atoms with Gasteiger partial charge in [-0.15, -0.1) is 0 Å². The minimum atomic E-state index is -1.08. The van der Waals surface area contributed by atoms with Gasteiger partial charge in [-0.3, -0.25) is 0 Å². The lowest BCUT2D eigenvalue weighted by Crippen LogP contribution is -2.35. The van der Waals surface area contributed by atoms with Crippen LogP contribution in [0, 0.1) is 5.92 Å². The van der Waals surface area contributed by atoms with Crippen LogP contribution in [-0.4, -0.2) is 20.3 Å². The van der Waals surface area contributed by atoms with Gasteiger partial charge < -0.3 is 4.74 Å². The molecule has 166 valence electrons. The van der Waals surface area contributed by atoms with Crippen molar-refractivity contribution in [1.82, 2.24) is 0 Å². The van der Waals surface area contributed by atoms with Gasteiger partial charge >= 0.3 is 0 Å². The molecular formula is C26H52OSi. The maximum atomic E-state index is 5.83. The zero-order valence-electron chi connectivity index (χ0n) is 19.8. The van der Waals surface area contributed by atoms with Gasteiger partial charge in [-0.25, -0.2) is 0 Å². The van der Waals surface area contributed by atoms with Crippen LogP contribution in [0.4, 0.5) is 0 Å². The molecular weight excluding hydrogens is 356 g/mol. The third-order valence-electron chi connectivity index (χ3n) is 7.88. The average Bonchev–Trinajstić information content (AvgIpc) is 3.49. The van der Waals surface area contributed by atoms with E-state index < -0.39 is 8.07 Å². The topological polar surface area (TPSA) is 12.5 Å². The zero-order chi connectivity index (χ0) is 20.1. The van der Waals surface area contributed by atoms with E-state index in [2.05, 4.69) is 20.8 Å². The second-order valence-corrected chi connectivity index (χ2v) is 15.4. The number of unbranched alkanes of at least 4 members (excludes halogenated alkanes) is 9. The molecule has 1 aliphatic heterocycles. The quantitative estimate of drug-likeness (QED) is 0.125. The third-order valence-corrected chi connectivity index (χ3v) is 13.5. The van der Waals surface area contributed by atoms with Gasteiger partial charge in [0.15, 0.2) is 0 Å². The van der Waals surface area contributed by atoms with Gasteiger partial charge in [0.1, 0.15) is 0 Å². The lowest BCUT2D eigenvalue weighted by Gasteiger charge is -2.34. The molecule has 2 aliphatic rings. The number of hydrogen-bond donors (Lipinski definition) is 0. The molecule has 1 aliphatic carbocycles. The largest absolute Gasteiger partial charge is 0.370 e. The lowest BCUT2D eigenvalue weighted by atomic mass is 9.87. The summed E-state index contributed by atoms with van der Waals surface area (Å²) in [6, 6.07) is 6.61. The van der Waals surface area contributed by atoms with Crippen molar-refractivity contribution in [2.45, 2.75) is 160 Å². The van der Waals surface area contributed by atoms with Gasteiger partial charge in [0, 0.05) is 0 Å². The Labute approximate surface area is 178 Å². The lowest BCUT2D eigenvalue weighted by molar-refractivity contribution is 0.356. The molecule has 1 nitrogen and oxygen atoms in total. The summed E-state index contributed by atoms with van der Waals surface area (Å²) >= 11 is 0. The van der Waals surface area contributed by atoms with Crippen molar-refractivity contribution in [3.05, 3.63) is 0 Å². The molecule has 0 amide bonds. The predicted molar refractivity (Wildman–Crippen MR) is 128 cm³/mol. The second-order valence-electron chi connectivity index (χ2n) is 10.4. The molecule has 1 saturated carbocycles. The minimum absolute atomic E-state index is 0.675. The molecule has 0 radical (unpaired) electrons. The molecule has 2 heteroatoms. The van der Waals surface area contributed by atoms with Gasteiger partial charge in [-0.2, -0.15) is 0 Å². The van der Waals surface area contributed by atoms with Gasteiger partial charge in [-0.05, 0) is 25.2 Å². The first-order valence-electron chi connectivity index (χ1n) is 13.4. The highest BCUT2D eigenvalue weighted by Gasteiger charge is 2.44. The van der Waals surface area contributed by atoms with E-state index in [1.54, 1.807) is 49.9 Å². The minimum Gasteiger partial charge on any atom is -0.370 e. The first-order chi connectivity index (χ1) is 13.7. The highest BCUT2D eigenvalue weighted by Crippen LogP contribution is 2.43. The predicted octanol–water partition coefficient (Wildman–Crippen LogP) is 9.13. The Balaban J connectivity index is 1.89. The summed E-state index contributed by atoms with van der Waals surface area (Å²) in [5.74, 6) is 0.998. The smallest absolute Gasteiger partial charge is 0.0844 e. The number of epoxide rings is 1. The first kappa shape index (κ1) is 24.4. The van der Waals surface area contributed by atoms with Gasteiger partial charge in [-0.1, -0.05) is 128 Å². The van der Waals surface area contributed by atoms with Crippen LogP contribution in [0.25, 0.3) is 0 Å². The molecule has 2 rings (SSSR count). The summed E-state index contributed by atoms with van der Waals surface area (Å²) in [6.45, 7) is 7.07. The monoisotopic (exact) mass is 408 g/mol. The molecule has 3 atom stereocenters. The Morgan fingerprint density at radius 1 is 0.607 bits per heavy atom. The van der Waals surface area contributed by atoms with Crippen LogP contribution in [0.2, 0.25) is 24.2 Å². The Morgan fingerprint density at radius 2 is 1.14 bits per heavy atom. The van der Waals surface area contributed by atoms with Crippen molar-refractivity contribution >= 4 is 8.07 Å². The van der Waals surface area contributed by atoms with Crippen LogP contribution in [0.15, 0.2) is 0 Å². The highest BCUT2D eigenvalue weighted by molar-refractivity contribution is 6.79. The van der Waals surface area contributed by atoms with E-state index >= 15 is 0 Å². The summed E-state index contributed by atoms with van der Waals surface area (Å²) < 4.78 is 5.83. The van der Waals surface area contributed by atoms with E-state index in [0.717, 1.165) is 5.92 Å². The van der Waals surface area contributed by atoms with Crippen LogP contribution < -0.4 is 0 Å². The normalized spacial score (nSPS) is 24.3. The maximum Gasteiger partial charge on any atom is 0.0844 e. The summed E-state index contributed by atoms with van der Waals surface area (Å²) in [6.07, 6.45) is 24.8. The highest BCUT2D eigenvalue weighted by atomic mass is 28.3. The van der Waals surface area contributed by atoms with Crippen molar-refractivity contribution in [2.75, 3.05) is 0 Å². The summed E-state index contributed by atoms with van der Waals surface area (Å²) in [5.41, 5.74) is 0. The molecule has 0 aromatic heterocycles. The van der Waals surface area contributed by atoms with Crippen molar-refractivity contribution < 1.29 is 4.74 Å². The standard InChI is InChI=1S/C26H52OSi/c1-4-7-10-13-19-28(20-14-11-8-5-2,21-15-12-9-6-3)22-18-24-16-17-25-26(23-24)27-25/h24-26H,4-23H2,1-3H3. The second kappa shape index (κ2) is 14.2. The molecule has 1 saturated heterocycles. The number of hydrogen-bond acceptors (Lipinski definition) is 1. The zero-order valence-corrected chi connectivity index (χ0v) is 20.8. The molecule has 0 bridgehead atoms. The summed E-state index contributed by atoms with van der Waals surface area (Å²) in [5, 5.41) is 0. The number of ether oxygens (including phenoxy) is 1. The first-order valence-corrected chi connectivity index (χ1v) is 16.2. The Kier molecular flexibility index (Phi) is 12.4. The van der Waals surface area contributed by atoms with Gasteiger partial charge in [0.25, 0.3) is 0 Å². The van der Waals surface area contributed by atoms with E-state index in [1.807, 2.05) is 0 Å². The molecule has 0 aromatic carbocycles. The van der Waals surface area contributed by atoms with Crippen molar-refractivity contribution in [2.24, 2.45) is 5.92 Å². The Morgan fingerprint density at radius 3 is 1.61 bits per heavy atom. The van der Waals surface area contributed by atoms with Crippen molar-refractivity contribution in [1.29, 1.82) is 0 Å². The molecule has 3 unspecified atom stereocenters. The average molecular weight is 409 g/mol. The molecule has 28 heavy (non-hydrogen) atoms. The Bertz CT molecular complexity index is 351. The fourth-order valence-electron chi connectivity index (χ4n) is 5.79. The third kappa shape index (κ3) is 9.33. The maximum absolute atomic E-state index is 5.83. The number of rotatable bonds is 18.